The average Bonchev–Trinajstić information content (AvgIpc) is 2.95. The van der Waals surface area contributed by atoms with E-state index in [9.17, 15) is 9.59 Å². The van der Waals surface area contributed by atoms with Crippen molar-refractivity contribution in [1.82, 2.24) is 30.0 Å². The Balaban J connectivity index is 1.48. The Morgan fingerprint density at radius 1 is 1.19 bits per heavy atom. The van der Waals surface area contributed by atoms with E-state index in [-0.39, 0.29) is 11.8 Å². The molecule has 0 spiro atoms. The lowest BCUT2D eigenvalue weighted by Crippen LogP contribution is -2.28. The quantitative estimate of drug-likeness (QED) is 0.760. The number of benzene rings is 1. The third kappa shape index (κ3) is 3.51. The maximum absolute atomic E-state index is 12.6. The summed E-state index contributed by atoms with van der Waals surface area (Å²) in [7, 11) is 0. The van der Waals surface area contributed by atoms with Crippen molar-refractivity contribution in [2.45, 2.75) is 33.0 Å². The minimum absolute atomic E-state index is 0.0663. The predicted molar refractivity (Wildman–Crippen MR) is 98.6 cm³/mol. The highest BCUT2D eigenvalue weighted by molar-refractivity contribution is 6.04. The number of aryl methyl sites for hydroxylation is 1. The van der Waals surface area contributed by atoms with Gasteiger partial charge in [0.2, 0.25) is 5.91 Å². The second-order valence-corrected chi connectivity index (χ2v) is 6.56. The van der Waals surface area contributed by atoms with Crippen LogP contribution in [0.2, 0.25) is 0 Å². The largest absolute Gasteiger partial charge is 0.346 e. The number of aromatic nitrogens is 4. The number of rotatable bonds is 3. The number of hydrogen-bond acceptors (Lipinski definition) is 5. The summed E-state index contributed by atoms with van der Waals surface area (Å²) in [5.41, 5.74) is 3.51. The van der Waals surface area contributed by atoms with Gasteiger partial charge in [0, 0.05) is 32.4 Å². The van der Waals surface area contributed by atoms with E-state index < -0.39 is 0 Å². The monoisotopic (exact) mass is 364 g/mol. The molecule has 1 aromatic carbocycles. The van der Waals surface area contributed by atoms with Gasteiger partial charge in [-0.05, 0) is 24.6 Å². The standard InChI is InChI=1S/C19H20N6O2/c1-13(26)24-8-3-9-25-15(12-24)10-14(23-25)11-22-19(27)16-4-2-5-17-18(16)21-7-6-20-17/h2,4-7,10H,3,8-9,11-12H2,1H3,(H,22,27). The Kier molecular flexibility index (Phi) is 4.53. The Morgan fingerprint density at radius 3 is 2.89 bits per heavy atom. The van der Waals surface area contributed by atoms with Crippen LogP contribution in [0.25, 0.3) is 11.0 Å². The first-order valence-corrected chi connectivity index (χ1v) is 8.91. The van der Waals surface area contributed by atoms with E-state index in [1.54, 1.807) is 31.5 Å². The molecule has 3 heterocycles. The van der Waals surface area contributed by atoms with Gasteiger partial charge in [0.25, 0.3) is 5.91 Å². The molecule has 0 aliphatic carbocycles. The van der Waals surface area contributed by atoms with E-state index >= 15 is 0 Å². The van der Waals surface area contributed by atoms with Crippen LogP contribution < -0.4 is 5.32 Å². The second-order valence-electron chi connectivity index (χ2n) is 6.56. The van der Waals surface area contributed by atoms with Crippen LogP contribution in [0.15, 0.2) is 36.7 Å². The van der Waals surface area contributed by atoms with Gasteiger partial charge in [-0.1, -0.05) is 6.07 Å². The van der Waals surface area contributed by atoms with Gasteiger partial charge in [0.05, 0.1) is 35.6 Å². The molecule has 0 atom stereocenters. The molecule has 0 saturated carbocycles. The van der Waals surface area contributed by atoms with Gasteiger partial charge in [-0.25, -0.2) is 0 Å². The third-order valence-electron chi connectivity index (χ3n) is 4.68. The molecular formula is C19H20N6O2. The van der Waals surface area contributed by atoms with E-state index in [1.807, 2.05) is 21.7 Å². The van der Waals surface area contributed by atoms with Crippen molar-refractivity contribution in [3.05, 3.63) is 53.6 Å². The number of nitrogens with zero attached hydrogens (tertiary/aromatic N) is 5. The fraction of sp³-hybridized carbons (Fsp3) is 0.316. The van der Waals surface area contributed by atoms with Crippen LogP contribution in [-0.4, -0.2) is 43.0 Å². The van der Waals surface area contributed by atoms with E-state index in [0.29, 0.717) is 29.7 Å². The van der Waals surface area contributed by atoms with Gasteiger partial charge >= 0.3 is 0 Å². The minimum Gasteiger partial charge on any atom is -0.346 e. The van der Waals surface area contributed by atoms with Crippen LogP contribution in [0.5, 0.6) is 0 Å². The average molecular weight is 364 g/mol. The number of nitrogens with one attached hydrogen (secondary N) is 1. The zero-order chi connectivity index (χ0) is 18.8. The highest BCUT2D eigenvalue weighted by Gasteiger charge is 2.19. The summed E-state index contributed by atoms with van der Waals surface area (Å²) < 4.78 is 1.92. The van der Waals surface area contributed by atoms with Gasteiger partial charge in [0.15, 0.2) is 0 Å². The van der Waals surface area contributed by atoms with Crippen LogP contribution >= 0.6 is 0 Å². The lowest BCUT2D eigenvalue weighted by molar-refractivity contribution is -0.129. The summed E-state index contributed by atoms with van der Waals surface area (Å²) in [6.45, 7) is 3.96. The molecule has 2 amide bonds. The number of hydrogen-bond donors (Lipinski definition) is 1. The smallest absolute Gasteiger partial charge is 0.253 e. The predicted octanol–water partition coefficient (Wildman–Crippen LogP) is 1.51. The molecular weight excluding hydrogens is 344 g/mol. The summed E-state index contributed by atoms with van der Waals surface area (Å²) in [4.78, 5) is 34.6. The molecule has 0 radical (unpaired) electrons. The zero-order valence-corrected chi connectivity index (χ0v) is 15.1. The second kappa shape index (κ2) is 7.14. The number of carbonyl (C=O) groups is 2. The molecule has 27 heavy (non-hydrogen) atoms. The van der Waals surface area contributed by atoms with Crippen LogP contribution in [-0.2, 0) is 24.4 Å². The first-order chi connectivity index (χ1) is 13.1. The molecule has 1 aliphatic heterocycles. The first kappa shape index (κ1) is 17.1. The number of fused-ring (bicyclic) bond motifs is 2. The fourth-order valence-electron chi connectivity index (χ4n) is 3.32. The molecule has 2 aromatic heterocycles. The van der Waals surface area contributed by atoms with Gasteiger partial charge in [-0.2, -0.15) is 5.10 Å². The summed E-state index contributed by atoms with van der Waals surface area (Å²) in [6, 6.07) is 7.30. The van der Waals surface area contributed by atoms with Crippen molar-refractivity contribution < 1.29 is 9.59 Å². The number of carbonyl (C=O) groups excluding carboxylic acids is 2. The summed E-state index contributed by atoms with van der Waals surface area (Å²) in [6.07, 6.45) is 4.05. The topological polar surface area (TPSA) is 93.0 Å². The molecule has 8 heteroatoms. The van der Waals surface area contributed by atoms with Gasteiger partial charge < -0.3 is 10.2 Å². The van der Waals surface area contributed by atoms with Crippen molar-refractivity contribution in [1.29, 1.82) is 0 Å². The normalized spacial score (nSPS) is 13.9. The lowest BCUT2D eigenvalue weighted by Gasteiger charge is -2.17. The molecule has 0 bridgehead atoms. The molecule has 1 aliphatic rings. The first-order valence-electron chi connectivity index (χ1n) is 8.91. The van der Waals surface area contributed by atoms with Crippen LogP contribution in [0.3, 0.4) is 0 Å². The number of para-hydroxylation sites is 1. The SMILES string of the molecule is CC(=O)N1CCCn2nc(CNC(=O)c3cccc4nccnc34)cc2C1. The van der Waals surface area contributed by atoms with E-state index in [2.05, 4.69) is 20.4 Å². The maximum atomic E-state index is 12.6. The molecule has 0 saturated heterocycles. The highest BCUT2D eigenvalue weighted by atomic mass is 16.2. The zero-order valence-electron chi connectivity index (χ0n) is 15.1. The molecule has 3 aromatic rings. The molecule has 0 unspecified atom stereocenters. The van der Waals surface area contributed by atoms with Crippen LogP contribution in [0.4, 0.5) is 0 Å². The molecule has 1 N–H and O–H groups in total. The Morgan fingerprint density at radius 2 is 2.04 bits per heavy atom. The highest BCUT2D eigenvalue weighted by Crippen LogP contribution is 2.16. The van der Waals surface area contributed by atoms with E-state index in [4.69, 9.17) is 0 Å². The third-order valence-corrected chi connectivity index (χ3v) is 4.68. The van der Waals surface area contributed by atoms with Crippen molar-refractivity contribution in [2.75, 3.05) is 6.54 Å². The van der Waals surface area contributed by atoms with E-state index in [1.165, 1.54) is 0 Å². The molecule has 4 rings (SSSR count). The van der Waals surface area contributed by atoms with Gasteiger partial charge in [-0.15, -0.1) is 0 Å². The minimum atomic E-state index is -0.213. The van der Waals surface area contributed by atoms with Crippen molar-refractivity contribution in [2.24, 2.45) is 0 Å². The van der Waals surface area contributed by atoms with Crippen molar-refractivity contribution in [3.8, 4) is 0 Å². The molecule has 8 nitrogen and oxygen atoms in total. The van der Waals surface area contributed by atoms with Crippen LogP contribution in [0.1, 0.15) is 35.1 Å². The Hall–Kier alpha value is -3.29. The number of amides is 2. The summed E-state index contributed by atoms with van der Waals surface area (Å²) >= 11 is 0. The lowest BCUT2D eigenvalue weighted by atomic mass is 10.1. The Labute approximate surface area is 156 Å². The van der Waals surface area contributed by atoms with Crippen LogP contribution in [0, 0.1) is 0 Å². The van der Waals surface area contributed by atoms with Gasteiger partial charge in [0.1, 0.15) is 5.52 Å². The maximum Gasteiger partial charge on any atom is 0.253 e. The summed E-state index contributed by atoms with van der Waals surface area (Å²) in [5, 5.41) is 7.47. The van der Waals surface area contributed by atoms with Gasteiger partial charge in [-0.3, -0.25) is 24.2 Å². The molecule has 0 fully saturated rings. The summed E-state index contributed by atoms with van der Waals surface area (Å²) in [5.74, 6) is -0.147. The van der Waals surface area contributed by atoms with Crippen molar-refractivity contribution >= 4 is 22.8 Å². The fourth-order valence-corrected chi connectivity index (χ4v) is 3.32. The van der Waals surface area contributed by atoms with E-state index in [0.717, 1.165) is 30.9 Å². The Bertz CT molecular complexity index is 1010. The van der Waals surface area contributed by atoms with Crippen molar-refractivity contribution in [3.63, 3.8) is 0 Å². The molecule has 138 valence electrons.